The lowest BCUT2D eigenvalue weighted by molar-refractivity contribution is 0.0680. The maximum Gasteiger partial charge on any atom is 0.224 e. The van der Waals surface area contributed by atoms with Crippen molar-refractivity contribution in [3.63, 3.8) is 0 Å². The van der Waals surface area contributed by atoms with Crippen LogP contribution in [0.15, 0.2) is 6.33 Å². The van der Waals surface area contributed by atoms with Crippen LogP contribution in [0.5, 0.6) is 0 Å². The van der Waals surface area contributed by atoms with Crippen LogP contribution >= 0.6 is 11.6 Å². The first-order chi connectivity index (χ1) is 6.84. The molecule has 0 radical (unpaired) electrons. The van der Waals surface area contributed by atoms with E-state index in [-0.39, 0.29) is 0 Å². The molecule has 14 heavy (non-hydrogen) atoms. The van der Waals surface area contributed by atoms with E-state index in [4.69, 9.17) is 21.1 Å². The molecule has 1 rings (SSSR count). The molecular formula is C8H14ClN3O2. The largest absolute Gasteiger partial charge is 0.382 e. The Morgan fingerprint density at radius 2 is 2.29 bits per heavy atom. The van der Waals surface area contributed by atoms with Crippen molar-refractivity contribution in [3.8, 4) is 0 Å². The number of ether oxygens (including phenoxy) is 2. The Labute approximate surface area is 88.0 Å². The highest BCUT2D eigenvalue weighted by Crippen LogP contribution is 2.03. The van der Waals surface area contributed by atoms with Crippen molar-refractivity contribution in [1.82, 2.24) is 14.8 Å². The molecule has 0 atom stereocenters. The minimum atomic E-state index is 0.418. The van der Waals surface area contributed by atoms with Crippen molar-refractivity contribution in [3.05, 3.63) is 11.6 Å². The summed E-state index contributed by atoms with van der Waals surface area (Å²) in [5, 5.41) is 7.75. The van der Waals surface area contributed by atoms with Crippen LogP contribution in [0.2, 0.25) is 5.28 Å². The monoisotopic (exact) mass is 219 g/mol. The van der Waals surface area contributed by atoms with Crippen LogP contribution in [-0.4, -0.2) is 41.7 Å². The molecule has 0 saturated heterocycles. The number of nitrogens with zero attached hydrogens (tertiary/aromatic N) is 3. The molecule has 0 spiro atoms. The summed E-state index contributed by atoms with van der Waals surface area (Å²) in [5.41, 5.74) is 0. The van der Waals surface area contributed by atoms with Gasteiger partial charge in [0, 0.05) is 20.3 Å². The molecule has 0 aliphatic heterocycles. The SMILES string of the molecule is COCCOCCCn1cnnc1Cl. The molecule has 0 fully saturated rings. The van der Waals surface area contributed by atoms with Gasteiger partial charge < -0.3 is 14.0 Å². The first kappa shape index (κ1) is 11.4. The molecule has 0 saturated carbocycles. The summed E-state index contributed by atoms with van der Waals surface area (Å²) < 4.78 is 11.9. The lowest BCUT2D eigenvalue weighted by Crippen LogP contribution is -2.06. The van der Waals surface area contributed by atoms with Gasteiger partial charge in [-0.15, -0.1) is 10.2 Å². The Bertz CT molecular complexity index is 254. The van der Waals surface area contributed by atoms with Crippen LogP contribution in [0.1, 0.15) is 6.42 Å². The van der Waals surface area contributed by atoms with Gasteiger partial charge in [-0.3, -0.25) is 0 Å². The first-order valence-electron chi connectivity index (χ1n) is 4.44. The van der Waals surface area contributed by atoms with E-state index >= 15 is 0 Å². The maximum absolute atomic E-state index is 5.73. The van der Waals surface area contributed by atoms with Crippen LogP contribution in [0.25, 0.3) is 0 Å². The van der Waals surface area contributed by atoms with Gasteiger partial charge in [0.15, 0.2) is 0 Å². The summed E-state index contributed by atoms with van der Waals surface area (Å²) in [7, 11) is 1.65. The molecule has 1 aromatic heterocycles. The third-order valence-corrected chi connectivity index (χ3v) is 1.98. The molecule has 80 valence electrons. The van der Waals surface area contributed by atoms with E-state index in [2.05, 4.69) is 10.2 Å². The molecule has 5 nitrogen and oxygen atoms in total. The van der Waals surface area contributed by atoms with Gasteiger partial charge >= 0.3 is 0 Å². The number of halogens is 1. The molecule has 0 aromatic carbocycles. The molecule has 6 heteroatoms. The second kappa shape index (κ2) is 6.75. The van der Waals surface area contributed by atoms with E-state index in [9.17, 15) is 0 Å². The summed E-state index contributed by atoms with van der Waals surface area (Å²) >= 11 is 5.73. The van der Waals surface area contributed by atoms with Crippen LogP contribution in [0, 0.1) is 0 Å². The van der Waals surface area contributed by atoms with Crippen molar-refractivity contribution in [1.29, 1.82) is 0 Å². The molecule has 0 unspecified atom stereocenters. The quantitative estimate of drug-likeness (QED) is 0.642. The Morgan fingerprint density at radius 1 is 1.43 bits per heavy atom. The van der Waals surface area contributed by atoms with Gasteiger partial charge in [0.05, 0.1) is 13.2 Å². The number of aromatic nitrogens is 3. The smallest absolute Gasteiger partial charge is 0.224 e. The van der Waals surface area contributed by atoms with Gasteiger partial charge in [-0.1, -0.05) is 0 Å². The summed E-state index contributed by atoms with van der Waals surface area (Å²) in [6.07, 6.45) is 2.50. The third-order valence-electron chi connectivity index (χ3n) is 1.69. The highest BCUT2D eigenvalue weighted by Gasteiger charge is 1.98. The van der Waals surface area contributed by atoms with Crippen LogP contribution < -0.4 is 0 Å². The second-order valence-corrected chi connectivity index (χ2v) is 3.09. The number of hydrogen-bond donors (Lipinski definition) is 0. The predicted octanol–water partition coefficient (Wildman–Crippen LogP) is 0.985. The van der Waals surface area contributed by atoms with Gasteiger partial charge in [-0.05, 0) is 18.0 Å². The Morgan fingerprint density at radius 3 is 2.93 bits per heavy atom. The molecule has 0 bridgehead atoms. The zero-order valence-electron chi connectivity index (χ0n) is 8.15. The minimum absolute atomic E-state index is 0.418. The summed E-state index contributed by atoms with van der Waals surface area (Å²) in [4.78, 5) is 0. The zero-order valence-corrected chi connectivity index (χ0v) is 8.90. The first-order valence-corrected chi connectivity index (χ1v) is 4.82. The average molecular weight is 220 g/mol. The average Bonchev–Trinajstić information content (AvgIpc) is 2.58. The highest BCUT2D eigenvalue weighted by atomic mass is 35.5. The predicted molar refractivity (Wildman–Crippen MR) is 52.3 cm³/mol. The van der Waals surface area contributed by atoms with Crippen LogP contribution in [0.3, 0.4) is 0 Å². The molecule has 0 amide bonds. The summed E-state index contributed by atoms with van der Waals surface area (Å²) in [5.74, 6) is 0. The van der Waals surface area contributed by atoms with E-state index < -0.39 is 0 Å². The van der Waals surface area contributed by atoms with Crippen LogP contribution in [-0.2, 0) is 16.0 Å². The van der Waals surface area contributed by atoms with Gasteiger partial charge in [0.25, 0.3) is 0 Å². The van der Waals surface area contributed by atoms with E-state index in [1.54, 1.807) is 18.0 Å². The fraction of sp³-hybridized carbons (Fsp3) is 0.750. The van der Waals surface area contributed by atoms with E-state index in [0.717, 1.165) is 13.0 Å². The fourth-order valence-corrected chi connectivity index (χ4v) is 1.14. The Kier molecular flexibility index (Phi) is 5.51. The molecule has 0 aliphatic carbocycles. The number of hydrogen-bond acceptors (Lipinski definition) is 4. The Balaban J connectivity index is 2.02. The normalized spacial score (nSPS) is 10.7. The molecular weight excluding hydrogens is 206 g/mol. The van der Waals surface area contributed by atoms with E-state index in [0.29, 0.717) is 25.1 Å². The zero-order chi connectivity index (χ0) is 10.2. The topological polar surface area (TPSA) is 49.2 Å². The number of methoxy groups -OCH3 is 1. The van der Waals surface area contributed by atoms with Gasteiger partial charge in [0.2, 0.25) is 5.28 Å². The Hall–Kier alpha value is -0.650. The van der Waals surface area contributed by atoms with Crippen molar-refractivity contribution in [2.75, 3.05) is 26.9 Å². The van der Waals surface area contributed by atoms with Crippen molar-refractivity contribution < 1.29 is 9.47 Å². The minimum Gasteiger partial charge on any atom is -0.382 e. The molecule has 1 aromatic rings. The van der Waals surface area contributed by atoms with E-state index in [1.165, 1.54) is 0 Å². The maximum atomic E-state index is 5.73. The number of aryl methyl sites for hydroxylation is 1. The lowest BCUT2D eigenvalue weighted by atomic mass is 10.4. The van der Waals surface area contributed by atoms with E-state index in [1.807, 2.05) is 0 Å². The van der Waals surface area contributed by atoms with Crippen molar-refractivity contribution >= 4 is 11.6 Å². The van der Waals surface area contributed by atoms with Gasteiger partial charge in [0.1, 0.15) is 6.33 Å². The standard InChI is InChI=1S/C8H14ClN3O2/c1-13-5-6-14-4-2-3-12-7-10-11-8(12)9/h7H,2-6H2,1H3. The summed E-state index contributed by atoms with van der Waals surface area (Å²) in [6, 6.07) is 0. The van der Waals surface area contributed by atoms with Gasteiger partial charge in [-0.25, -0.2) is 0 Å². The van der Waals surface area contributed by atoms with Crippen molar-refractivity contribution in [2.24, 2.45) is 0 Å². The summed E-state index contributed by atoms with van der Waals surface area (Å²) in [6.45, 7) is 2.73. The molecule has 0 N–H and O–H groups in total. The third kappa shape index (κ3) is 4.04. The molecule has 0 aliphatic rings. The van der Waals surface area contributed by atoms with Gasteiger partial charge in [-0.2, -0.15) is 0 Å². The van der Waals surface area contributed by atoms with Crippen LogP contribution in [0.4, 0.5) is 0 Å². The lowest BCUT2D eigenvalue weighted by Gasteiger charge is -2.04. The number of rotatable bonds is 7. The fourth-order valence-electron chi connectivity index (χ4n) is 0.972. The molecule has 1 heterocycles. The highest BCUT2D eigenvalue weighted by molar-refractivity contribution is 6.28. The second-order valence-electron chi connectivity index (χ2n) is 2.75. The van der Waals surface area contributed by atoms with Crippen molar-refractivity contribution in [2.45, 2.75) is 13.0 Å².